The molecule has 0 amide bonds. The maximum atomic E-state index is 0. The van der Waals surface area contributed by atoms with Gasteiger partial charge in [-0.15, -0.1) is 0 Å². The molecule has 7 heteroatoms. The summed E-state index contributed by atoms with van der Waals surface area (Å²) in [7, 11) is 0. The largest absolute Gasteiger partial charge is 4.00 e. The van der Waals surface area contributed by atoms with Crippen molar-refractivity contribution in [2.24, 2.45) is 0 Å². The molecule has 0 radical (unpaired) electrons. The van der Waals surface area contributed by atoms with Crippen LogP contribution in [0.3, 0.4) is 0 Å². The minimum atomic E-state index is 0. The van der Waals surface area contributed by atoms with Gasteiger partial charge >= 0.3 is 63.2 Å². The quantitative estimate of drug-likeness (QED) is 0.260. The number of hydrogen-bond acceptors (Lipinski definition) is 0. The van der Waals surface area contributed by atoms with Crippen molar-refractivity contribution in [3.63, 3.8) is 0 Å². The SMILES string of the molecule is [As-3].[As-3].[As-3].[As-3].[Pt+4].[Pt+4].[Pt+4]. The van der Waals surface area contributed by atoms with Gasteiger partial charge in [0, 0.05) is 0 Å². The van der Waals surface area contributed by atoms with E-state index in [0.717, 1.165) is 0 Å². The van der Waals surface area contributed by atoms with E-state index < -0.39 is 0 Å². The van der Waals surface area contributed by atoms with Crippen molar-refractivity contribution in [2.75, 3.05) is 0 Å². The third-order valence-corrected chi connectivity index (χ3v) is 0. The molecule has 0 aromatic heterocycles. The Kier molecular flexibility index (Phi) is 446. The predicted octanol–water partition coefficient (Wildman–Crippen LogP) is -1.53. The normalized spacial score (nSPS) is 0. The molecule has 0 saturated heterocycles. The fourth-order valence-electron chi connectivity index (χ4n) is 0. The summed E-state index contributed by atoms with van der Waals surface area (Å²) in [5.74, 6) is 0. The van der Waals surface area contributed by atoms with Crippen LogP contribution < -0.4 is 0 Å². The number of hydrogen-bond donors (Lipinski definition) is 0. The first-order chi connectivity index (χ1) is 0. The van der Waals surface area contributed by atoms with Crippen LogP contribution in [-0.2, 0) is 63.2 Å². The zero-order chi connectivity index (χ0) is 0. The van der Waals surface area contributed by atoms with Gasteiger partial charge in [0.15, 0.2) is 0 Å². The van der Waals surface area contributed by atoms with Crippen molar-refractivity contribution >= 4 is 71.8 Å². The standard InChI is InChI=1S/4As.3Pt/q4*-3;3*+4. The number of rotatable bonds is 0. The van der Waals surface area contributed by atoms with Gasteiger partial charge in [0.2, 0.25) is 0 Å². The van der Waals surface area contributed by atoms with Gasteiger partial charge in [-0.1, -0.05) is 0 Å². The fraction of sp³-hybridized carbons (Fsp3) is 0. The van der Waals surface area contributed by atoms with Crippen molar-refractivity contribution in [3.05, 3.63) is 0 Å². The average molecular weight is 885 g/mol. The van der Waals surface area contributed by atoms with Crippen molar-refractivity contribution in [3.8, 4) is 0 Å². The van der Waals surface area contributed by atoms with E-state index in [2.05, 4.69) is 0 Å². The van der Waals surface area contributed by atoms with E-state index in [9.17, 15) is 0 Å². The van der Waals surface area contributed by atoms with Crippen LogP contribution in [0.25, 0.3) is 0 Å². The molecule has 0 aromatic rings. The topological polar surface area (TPSA) is 0 Å². The van der Waals surface area contributed by atoms with Crippen LogP contribution in [-0.4, -0.2) is 71.8 Å². The Morgan fingerprint density at radius 2 is 0.286 bits per heavy atom. The van der Waals surface area contributed by atoms with Crippen molar-refractivity contribution < 1.29 is 63.2 Å². The smallest absolute Gasteiger partial charge is 3.00 e. The summed E-state index contributed by atoms with van der Waals surface area (Å²) in [6.45, 7) is 0. The molecular weight excluding hydrogens is 885 g/mol. The van der Waals surface area contributed by atoms with Gasteiger partial charge in [0.05, 0.1) is 0 Å². The molecule has 7 heavy (non-hydrogen) atoms. The molecule has 0 N–H and O–H groups in total. The summed E-state index contributed by atoms with van der Waals surface area (Å²) >= 11 is 0. The molecule has 0 unspecified atom stereocenters. The summed E-state index contributed by atoms with van der Waals surface area (Å²) in [5.41, 5.74) is 0. The van der Waals surface area contributed by atoms with Gasteiger partial charge in [-0.3, -0.25) is 0 Å². The summed E-state index contributed by atoms with van der Waals surface area (Å²) < 4.78 is 0. The van der Waals surface area contributed by atoms with E-state index >= 15 is 0 Å². The van der Waals surface area contributed by atoms with Crippen LogP contribution in [0.5, 0.6) is 0 Å². The molecule has 0 saturated carbocycles. The van der Waals surface area contributed by atoms with E-state index in [1.54, 1.807) is 0 Å². The molecule has 0 aromatic carbocycles. The molecule has 0 spiro atoms. The van der Waals surface area contributed by atoms with Gasteiger partial charge < -0.3 is 71.8 Å². The maximum Gasteiger partial charge on any atom is 4.00 e. The van der Waals surface area contributed by atoms with Crippen LogP contribution in [0.15, 0.2) is 0 Å². The first-order valence-electron chi connectivity index (χ1n) is 0. The van der Waals surface area contributed by atoms with Gasteiger partial charge in [0.25, 0.3) is 0 Å². The average Bonchev–Trinajstić information content (AvgIpc) is 0. The van der Waals surface area contributed by atoms with Crippen LogP contribution in [0, 0.1) is 0 Å². The minimum absolute atomic E-state index is 0. The van der Waals surface area contributed by atoms with Gasteiger partial charge in [-0.25, -0.2) is 0 Å². The van der Waals surface area contributed by atoms with Crippen molar-refractivity contribution in [1.82, 2.24) is 0 Å². The van der Waals surface area contributed by atoms with Gasteiger partial charge in [0.1, 0.15) is 0 Å². The molecule has 0 heterocycles. The summed E-state index contributed by atoms with van der Waals surface area (Å²) in [6, 6.07) is 0. The Balaban J connectivity index is 0. The molecule has 0 rings (SSSR count). The van der Waals surface area contributed by atoms with Crippen LogP contribution >= 0.6 is 0 Å². The molecule has 50 valence electrons. The minimum Gasteiger partial charge on any atom is -3.00 e. The molecule has 0 atom stereocenters. The van der Waals surface area contributed by atoms with E-state index in [4.69, 9.17) is 0 Å². The molecular formula is As4Pt3. The molecule has 0 aliphatic heterocycles. The predicted molar refractivity (Wildman–Crippen MR) is 23.0 cm³/mol. The Bertz CT molecular complexity index is 6.90. The zero-order valence-electron chi connectivity index (χ0n) is 2.74. The Hall–Kier alpha value is 4.30. The molecule has 0 aliphatic rings. The second-order valence-corrected chi connectivity index (χ2v) is 0. The summed E-state index contributed by atoms with van der Waals surface area (Å²) in [4.78, 5) is 0. The molecule has 0 aliphatic carbocycles. The molecule has 0 bridgehead atoms. The Morgan fingerprint density at radius 1 is 0.286 bits per heavy atom. The zero-order valence-corrected chi connectivity index (χ0v) is 17.1. The maximum absolute atomic E-state index is 0. The van der Waals surface area contributed by atoms with Crippen molar-refractivity contribution in [2.45, 2.75) is 0 Å². The van der Waals surface area contributed by atoms with Crippen molar-refractivity contribution in [1.29, 1.82) is 0 Å². The van der Waals surface area contributed by atoms with E-state index in [-0.39, 0.29) is 135 Å². The summed E-state index contributed by atoms with van der Waals surface area (Å²) in [6.07, 6.45) is 0. The van der Waals surface area contributed by atoms with E-state index in [1.807, 2.05) is 0 Å². The summed E-state index contributed by atoms with van der Waals surface area (Å²) in [5, 5.41) is 0. The van der Waals surface area contributed by atoms with Crippen LogP contribution in [0.1, 0.15) is 0 Å². The first kappa shape index (κ1) is 64.9. The monoisotopic (exact) mass is 885 g/mol. The second kappa shape index (κ2) is 48.2. The third kappa shape index (κ3) is 38.4. The van der Waals surface area contributed by atoms with E-state index in [0.29, 0.717) is 0 Å². The Morgan fingerprint density at radius 3 is 0.286 bits per heavy atom. The fourth-order valence-corrected chi connectivity index (χ4v) is 0. The Labute approximate surface area is 132 Å². The van der Waals surface area contributed by atoms with Crippen LogP contribution in [0.2, 0.25) is 0 Å². The second-order valence-electron chi connectivity index (χ2n) is 0. The van der Waals surface area contributed by atoms with Crippen LogP contribution in [0.4, 0.5) is 0 Å². The van der Waals surface area contributed by atoms with Gasteiger partial charge in [-0.2, -0.15) is 0 Å². The first-order valence-corrected chi connectivity index (χ1v) is 0. The van der Waals surface area contributed by atoms with Gasteiger partial charge in [-0.05, 0) is 0 Å². The molecule has 0 nitrogen and oxygen atoms in total. The third-order valence-electron chi connectivity index (χ3n) is 0. The molecule has 0 fully saturated rings. The van der Waals surface area contributed by atoms with E-state index in [1.165, 1.54) is 0 Å².